The standard InChI is InChI=1S/C12H11ClN4S/c1-18-8-2-3-10(14-6-8)17-5-4-9-11(13)15-7-16-12(9)17/h2-3,6-7H,4-5H2,1H3. The quantitative estimate of drug-likeness (QED) is 0.624. The van der Waals surface area contributed by atoms with E-state index in [0.29, 0.717) is 5.15 Å². The van der Waals surface area contributed by atoms with Gasteiger partial charge in [-0.2, -0.15) is 0 Å². The van der Waals surface area contributed by atoms with Gasteiger partial charge in [0.2, 0.25) is 0 Å². The van der Waals surface area contributed by atoms with E-state index in [-0.39, 0.29) is 0 Å². The molecule has 0 amide bonds. The number of pyridine rings is 1. The molecule has 3 rings (SSSR count). The van der Waals surface area contributed by atoms with Gasteiger partial charge in [-0.25, -0.2) is 15.0 Å². The van der Waals surface area contributed by atoms with Gasteiger partial charge in [0.15, 0.2) is 0 Å². The molecule has 0 spiro atoms. The second-order valence-electron chi connectivity index (χ2n) is 3.92. The maximum absolute atomic E-state index is 6.07. The van der Waals surface area contributed by atoms with Crippen molar-refractivity contribution < 1.29 is 0 Å². The molecule has 0 aromatic carbocycles. The number of rotatable bonds is 2. The van der Waals surface area contributed by atoms with Crippen molar-refractivity contribution in [2.75, 3.05) is 17.7 Å². The van der Waals surface area contributed by atoms with Crippen LogP contribution in [0.3, 0.4) is 0 Å². The van der Waals surface area contributed by atoms with Crippen LogP contribution in [-0.2, 0) is 6.42 Å². The molecule has 18 heavy (non-hydrogen) atoms. The van der Waals surface area contributed by atoms with E-state index in [1.54, 1.807) is 11.8 Å². The van der Waals surface area contributed by atoms with Crippen molar-refractivity contribution in [3.05, 3.63) is 35.4 Å². The lowest BCUT2D eigenvalue weighted by Gasteiger charge is -2.16. The first-order chi connectivity index (χ1) is 8.79. The molecule has 0 N–H and O–H groups in total. The third-order valence-corrected chi connectivity index (χ3v) is 3.98. The summed E-state index contributed by atoms with van der Waals surface area (Å²) in [6.07, 6.45) is 6.27. The van der Waals surface area contributed by atoms with Gasteiger partial charge in [0.25, 0.3) is 0 Å². The molecule has 0 saturated heterocycles. The van der Waals surface area contributed by atoms with Crippen molar-refractivity contribution >= 4 is 35.0 Å². The van der Waals surface area contributed by atoms with Crippen LogP contribution in [0.5, 0.6) is 0 Å². The molecule has 1 aliphatic heterocycles. The van der Waals surface area contributed by atoms with Crippen molar-refractivity contribution in [3.63, 3.8) is 0 Å². The molecule has 0 bridgehead atoms. The van der Waals surface area contributed by atoms with Crippen LogP contribution >= 0.6 is 23.4 Å². The van der Waals surface area contributed by atoms with Crippen LogP contribution in [0.25, 0.3) is 0 Å². The zero-order chi connectivity index (χ0) is 12.5. The largest absolute Gasteiger partial charge is 0.310 e. The molecule has 0 unspecified atom stereocenters. The molecular formula is C12H11ClN4S. The molecule has 2 aromatic heterocycles. The van der Waals surface area contributed by atoms with Gasteiger partial charge in [-0.3, -0.25) is 0 Å². The first kappa shape index (κ1) is 11.7. The van der Waals surface area contributed by atoms with E-state index in [1.807, 2.05) is 18.5 Å². The Morgan fingerprint density at radius 3 is 2.89 bits per heavy atom. The summed E-state index contributed by atoms with van der Waals surface area (Å²) in [5.41, 5.74) is 1.01. The van der Waals surface area contributed by atoms with Gasteiger partial charge in [-0.05, 0) is 24.8 Å². The van der Waals surface area contributed by atoms with E-state index in [2.05, 4.69) is 25.9 Å². The van der Waals surface area contributed by atoms with Crippen LogP contribution in [0.4, 0.5) is 11.6 Å². The Hall–Kier alpha value is -1.33. The first-order valence-electron chi connectivity index (χ1n) is 5.56. The minimum absolute atomic E-state index is 0.545. The summed E-state index contributed by atoms with van der Waals surface area (Å²) in [5.74, 6) is 1.78. The van der Waals surface area contributed by atoms with Gasteiger partial charge in [0.1, 0.15) is 23.1 Å². The van der Waals surface area contributed by atoms with E-state index in [9.17, 15) is 0 Å². The molecule has 6 heteroatoms. The van der Waals surface area contributed by atoms with Gasteiger partial charge in [-0.15, -0.1) is 11.8 Å². The maximum Gasteiger partial charge on any atom is 0.142 e. The van der Waals surface area contributed by atoms with Crippen LogP contribution in [0.1, 0.15) is 5.56 Å². The number of hydrogen-bond donors (Lipinski definition) is 0. The van der Waals surface area contributed by atoms with E-state index >= 15 is 0 Å². The maximum atomic E-state index is 6.07. The normalized spacial score (nSPS) is 13.8. The zero-order valence-corrected chi connectivity index (χ0v) is 11.4. The number of thioether (sulfide) groups is 1. The molecule has 0 fully saturated rings. The number of nitrogens with zero attached hydrogens (tertiary/aromatic N) is 4. The van der Waals surface area contributed by atoms with Crippen LogP contribution in [-0.4, -0.2) is 27.8 Å². The highest BCUT2D eigenvalue weighted by molar-refractivity contribution is 7.98. The number of fused-ring (bicyclic) bond motifs is 1. The second kappa shape index (κ2) is 4.74. The van der Waals surface area contributed by atoms with Crippen LogP contribution < -0.4 is 4.90 Å². The lowest BCUT2D eigenvalue weighted by molar-refractivity contribution is 0.961. The summed E-state index contributed by atoms with van der Waals surface area (Å²) < 4.78 is 0. The van der Waals surface area contributed by atoms with Crippen molar-refractivity contribution in [2.24, 2.45) is 0 Å². The first-order valence-corrected chi connectivity index (χ1v) is 7.17. The molecule has 0 aliphatic carbocycles. The smallest absolute Gasteiger partial charge is 0.142 e. The van der Waals surface area contributed by atoms with Crippen molar-refractivity contribution in [2.45, 2.75) is 11.3 Å². The van der Waals surface area contributed by atoms with Gasteiger partial charge < -0.3 is 4.90 Å². The Morgan fingerprint density at radius 1 is 1.28 bits per heavy atom. The lowest BCUT2D eigenvalue weighted by Crippen LogP contribution is -2.15. The summed E-state index contributed by atoms with van der Waals surface area (Å²) in [4.78, 5) is 16.0. The molecule has 92 valence electrons. The molecule has 0 saturated carbocycles. The summed E-state index contributed by atoms with van der Waals surface area (Å²) in [6, 6.07) is 4.07. The van der Waals surface area contributed by atoms with Gasteiger partial charge >= 0.3 is 0 Å². The highest BCUT2D eigenvalue weighted by atomic mass is 35.5. The van der Waals surface area contributed by atoms with E-state index in [4.69, 9.17) is 11.6 Å². The molecule has 0 radical (unpaired) electrons. The fourth-order valence-corrected chi connectivity index (χ4v) is 2.62. The van der Waals surface area contributed by atoms with Crippen molar-refractivity contribution in [1.29, 1.82) is 0 Å². The minimum atomic E-state index is 0.545. The summed E-state index contributed by atoms with van der Waals surface area (Å²) in [7, 11) is 0. The minimum Gasteiger partial charge on any atom is -0.310 e. The van der Waals surface area contributed by atoms with E-state index in [0.717, 1.165) is 35.1 Å². The fraction of sp³-hybridized carbons (Fsp3) is 0.250. The number of hydrogen-bond acceptors (Lipinski definition) is 5. The predicted molar refractivity (Wildman–Crippen MR) is 73.8 cm³/mol. The van der Waals surface area contributed by atoms with E-state index < -0.39 is 0 Å². The number of halogens is 1. The summed E-state index contributed by atoms with van der Waals surface area (Å²) in [6.45, 7) is 0.847. The van der Waals surface area contributed by atoms with Crippen LogP contribution in [0.2, 0.25) is 5.15 Å². The van der Waals surface area contributed by atoms with E-state index in [1.165, 1.54) is 6.33 Å². The molecule has 2 aromatic rings. The SMILES string of the molecule is CSc1ccc(N2CCc3c(Cl)ncnc32)nc1. The third-order valence-electron chi connectivity index (χ3n) is 2.94. The summed E-state index contributed by atoms with van der Waals surface area (Å²) >= 11 is 7.75. The molecule has 1 aliphatic rings. The third kappa shape index (κ3) is 1.93. The second-order valence-corrected chi connectivity index (χ2v) is 5.16. The monoisotopic (exact) mass is 278 g/mol. The molecule has 3 heterocycles. The zero-order valence-electron chi connectivity index (χ0n) is 9.80. The Bertz CT molecular complexity index is 573. The highest BCUT2D eigenvalue weighted by Crippen LogP contribution is 2.34. The summed E-state index contributed by atoms with van der Waals surface area (Å²) in [5, 5.41) is 0.545. The Morgan fingerprint density at radius 2 is 2.17 bits per heavy atom. The van der Waals surface area contributed by atoms with Gasteiger partial charge in [-0.1, -0.05) is 11.6 Å². The molecule has 0 atom stereocenters. The number of anilines is 2. The molecule has 4 nitrogen and oxygen atoms in total. The Labute approximate surface area is 114 Å². The van der Waals surface area contributed by atoms with Crippen molar-refractivity contribution in [1.82, 2.24) is 15.0 Å². The topological polar surface area (TPSA) is 41.9 Å². The number of aromatic nitrogens is 3. The molecular weight excluding hydrogens is 268 g/mol. The fourth-order valence-electron chi connectivity index (χ4n) is 2.04. The Balaban J connectivity index is 1.98. The average molecular weight is 279 g/mol. The van der Waals surface area contributed by atoms with Crippen LogP contribution in [0, 0.1) is 0 Å². The predicted octanol–water partition coefficient (Wildman–Crippen LogP) is 2.94. The van der Waals surface area contributed by atoms with Crippen molar-refractivity contribution in [3.8, 4) is 0 Å². The van der Waals surface area contributed by atoms with Gasteiger partial charge in [0.05, 0.1) is 0 Å². The lowest BCUT2D eigenvalue weighted by atomic mass is 10.3. The van der Waals surface area contributed by atoms with Crippen LogP contribution in [0.15, 0.2) is 29.6 Å². The average Bonchev–Trinajstić information content (AvgIpc) is 2.84. The Kier molecular flexibility index (Phi) is 3.09. The highest BCUT2D eigenvalue weighted by Gasteiger charge is 2.25. The van der Waals surface area contributed by atoms with Gasteiger partial charge in [0, 0.05) is 23.2 Å².